The first-order valence-corrected chi connectivity index (χ1v) is 9.29. The van der Waals surface area contributed by atoms with Crippen molar-refractivity contribution < 1.29 is 13.2 Å². The van der Waals surface area contributed by atoms with Gasteiger partial charge in [0, 0.05) is 16.4 Å². The maximum Gasteiger partial charge on any atom is 0.434 e. The Bertz CT molecular complexity index is 736. The van der Waals surface area contributed by atoms with E-state index in [0.717, 1.165) is 26.8 Å². The number of nitrogens with zero attached hydrogens (tertiary/aromatic N) is 2. The van der Waals surface area contributed by atoms with Crippen LogP contribution in [0, 0.1) is 0 Å². The zero-order valence-corrected chi connectivity index (χ0v) is 18.8. The van der Waals surface area contributed by atoms with E-state index in [0.29, 0.717) is 17.5 Å². The van der Waals surface area contributed by atoms with E-state index in [2.05, 4.69) is 36.5 Å². The third-order valence-electron chi connectivity index (χ3n) is 3.28. The Hall–Kier alpha value is -0.880. The lowest BCUT2D eigenvalue weighted by atomic mass is 10.1. The summed E-state index contributed by atoms with van der Waals surface area (Å²) in [4.78, 5) is 7.92. The van der Waals surface area contributed by atoms with Gasteiger partial charge in [0.05, 0.1) is 12.6 Å². The number of thiazole rings is 1. The Kier molecular flexibility index (Phi) is 9.31. The number of rotatable bonds is 5. The van der Waals surface area contributed by atoms with E-state index in [1.54, 1.807) is 0 Å². The summed E-state index contributed by atoms with van der Waals surface area (Å²) in [5, 5.41) is 7.66. The molecule has 0 fully saturated rings. The minimum atomic E-state index is -4.42. The summed E-state index contributed by atoms with van der Waals surface area (Å²) >= 11 is 4.46. The molecule has 0 spiro atoms. The van der Waals surface area contributed by atoms with Crippen LogP contribution in [0.25, 0.3) is 0 Å². The van der Waals surface area contributed by atoms with Gasteiger partial charge in [0.2, 0.25) is 0 Å². The van der Waals surface area contributed by atoms with Gasteiger partial charge in [0.15, 0.2) is 11.7 Å². The monoisotopic (exact) mass is 562 g/mol. The molecule has 0 aliphatic rings. The molecule has 26 heavy (non-hydrogen) atoms. The first-order valence-electron chi connectivity index (χ1n) is 7.62. The zero-order valence-electron chi connectivity index (χ0n) is 14.1. The van der Waals surface area contributed by atoms with Gasteiger partial charge in [0.25, 0.3) is 0 Å². The Balaban J connectivity index is 0.00000338. The molecule has 144 valence electrons. The number of halogens is 5. The third kappa shape index (κ3) is 6.69. The van der Waals surface area contributed by atoms with Crippen LogP contribution < -0.4 is 10.6 Å². The quantitative estimate of drug-likeness (QED) is 0.293. The molecule has 10 heteroatoms. The summed E-state index contributed by atoms with van der Waals surface area (Å²) in [6.07, 6.45) is -4.42. The zero-order chi connectivity index (χ0) is 18.4. The van der Waals surface area contributed by atoms with Crippen molar-refractivity contribution in [3.05, 3.63) is 50.4 Å². The molecule has 0 bridgehead atoms. The fourth-order valence-electron chi connectivity index (χ4n) is 2.09. The fraction of sp³-hybridized carbons (Fsp3) is 0.375. The summed E-state index contributed by atoms with van der Waals surface area (Å²) in [6, 6.07) is 7.78. The average Bonchev–Trinajstić information content (AvgIpc) is 3.02. The molecule has 0 aliphatic heterocycles. The van der Waals surface area contributed by atoms with E-state index < -0.39 is 11.9 Å². The van der Waals surface area contributed by atoms with E-state index in [9.17, 15) is 13.2 Å². The number of nitrogens with one attached hydrogen (secondary N) is 2. The van der Waals surface area contributed by atoms with Gasteiger partial charge in [-0.3, -0.25) is 0 Å². The smallest absolute Gasteiger partial charge is 0.357 e. The van der Waals surface area contributed by atoms with Gasteiger partial charge >= 0.3 is 6.18 Å². The van der Waals surface area contributed by atoms with Gasteiger partial charge in [-0.2, -0.15) is 13.2 Å². The van der Waals surface area contributed by atoms with Crippen LogP contribution in [0.4, 0.5) is 13.2 Å². The molecule has 4 nitrogen and oxygen atoms in total. The molecular weight excluding hydrogens is 544 g/mol. The molecule has 2 rings (SSSR count). The van der Waals surface area contributed by atoms with Crippen LogP contribution in [0.15, 0.2) is 39.1 Å². The van der Waals surface area contributed by atoms with Crippen molar-refractivity contribution in [3.63, 3.8) is 0 Å². The average molecular weight is 563 g/mol. The van der Waals surface area contributed by atoms with Crippen molar-refractivity contribution in [2.24, 2.45) is 4.99 Å². The van der Waals surface area contributed by atoms with Gasteiger partial charge in [-0.05, 0) is 25.5 Å². The number of guanidine groups is 1. The van der Waals surface area contributed by atoms with Crippen LogP contribution in [-0.2, 0) is 12.7 Å². The van der Waals surface area contributed by atoms with Crippen LogP contribution in [0.5, 0.6) is 0 Å². The lowest BCUT2D eigenvalue weighted by molar-refractivity contribution is -0.140. The Morgan fingerprint density at radius 2 is 2.04 bits per heavy atom. The van der Waals surface area contributed by atoms with Crippen molar-refractivity contribution in [1.82, 2.24) is 15.6 Å². The molecule has 0 radical (unpaired) electrons. The first-order chi connectivity index (χ1) is 11.8. The minimum Gasteiger partial charge on any atom is -0.357 e. The summed E-state index contributed by atoms with van der Waals surface area (Å²) in [5.41, 5.74) is 0.184. The summed E-state index contributed by atoms with van der Waals surface area (Å²) < 4.78 is 38.8. The molecule has 2 N–H and O–H groups in total. The Morgan fingerprint density at radius 1 is 1.35 bits per heavy atom. The Morgan fingerprint density at radius 3 is 2.62 bits per heavy atom. The molecule has 1 atom stereocenters. The van der Waals surface area contributed by atoms with Crippen LogP contribution in [0.3, 0.4) is 0 Å². The standard InChI is InChI=1S/C16H18BrF3N4S.HI/c1-3-21-15(23-10(2)11-6-4-5-7-12(11)17)22-8-14-24-13(9-25-14)16(18,19)20;/h4-7,9-10H,3,8H2,1-2H3,(H2,21,22,23);1H. The van der Waals surface area contributed by atoms with E-state index in [-0.39, 0.29) is 36.6 Å². The molecule has 0 saturated carbocycles. The normalized spacial score (nSPS) is 13.1. The fourth-order valence-corrected chi connectivity index (χ4v) is 3.44. The summed E-state index contributed by atoms with van der Waals surface area (Å²) in [6.45, 7) is 4.63. The number of aliphatic imine (C=N–C) groups is 1. The maximum absolute atomic E-state index is 12.6. The van der Waals surface area contributed by atoms with Gasteiger partial charge in [-0.1, -0.05) is 34.1 Å². The molecule has 0 saturated heterocycles. The number of alkyl halides is 3. The highest BCUT2D eigenvalue weighted by atomic mass is 127. The van der Waals surface area contributed by atoms with E-state index in [1.165, 1.54) is 0 Å². The molecular formula is C16H19BrF3IN4S. The van der Waals surface area contributed by atoms with Crippen LogP contribution in [0.1, 0.15) is 36.2 Å². The van der Waals surface area contributed by atoms with Crippen LogP contribution >= 0.6 is 51.2 Å². The van der Waals surface area contributed by atoms with Crippen molar-refractivity contribution >= 4 is 57.2 Å². The van der Waals surface area contributed by atoms with Crippen molar-refractivity contribution in [2.75, 3.05) is 6.54 Å². The summed E-state index contributed by atoms with van der Waals surface area (Å²) in [7, 11) is 0. The second kappa shape index (κ2) is 10.5. The second-order valence-corrected chi connectivity index (χ2v) is 7.00. The highest BCUT2D eigenvalue weighted by Gasteiger charge is 2.33. The third-order valence-corrected chi connectivity index (χ3v) is 4.84. The summed E-state index contributed by atoms with van der Waals surface area (Å²) in [5.74, 6) is 0.523. The molecule has 0 amide bonds. The largest absolute Gasteiger partial charge is 0.434 e. The van der Waals surface area contributed by atoms with Gasteiger partial charge in [0.1, 0.15) is 5.01 Å². The highest BCUT2D eigenvalue weighted by Crippen LogP contribution is 2.30. The second-order valence-electron chi connectivity index (χ2n) is 5.21. The van der Waals surface area contributed by atoms with Crippen LogP contribution in [-0.4, -0.2) is 17.5 Å². The molecule has 0 aliphatic carbocycles. The lowest BCUT2D eigenvalue weighted by Gasteiger charge is -2.19. The number of hydrogen-bond acceptors (Lipinski definition) is 3. The van der Waals surface area contributed by atoms with E-state index >= 15 is 0 Å². The van der Waals surface area contributed by atoms with Crippen molar-refractivity contribution in [2.45, 2.75) is 32.6 Å². The number of aromatic nitrogens is 1. The van der Waals surface area contributed by atoms with E-state index in [4.69, 9.17) is 0 Å². The van der Waals surface area contributed by atoms with Gasteiger partial charge in [-0.15, -0.1) is 35.3 Å². The predicted molar refractivity (Wildman–Crippen MR) is 113 cm³/mol. The minimum absolute atomic E-state index is 0. The van der Waals surface area contributed by atoms with Crippen molar-refractivity contribution in [3.8, 4) is 0 Å². The lowest BCUT2D eigenvalue weighted by Crippen LogP contribution is -2.38. The SMILES string of the molecule is CCNC(=NCc1nc(C(F)(F)F)cs1)NC(C)c1ccccc1Br.I. The molecule has 1 unspecified atom stereocenters. The first kappa shape index (κ1) is 23.2. The molecule has 1 heterocycles. The molecule has 2 aromatic rings. The van der Waals surface area contributed by atoms with Crippen LogP contribution in [0.2, 0.25) is 0 Å². The highest BCUT2D eigenvalue weighted by molar-refractivity contribution is 14.0. The predicted octanol–water partition coefficient (Wildman–Crippen LogP) is 5.36. The molecule has 1 aromatic carbocycles. The van der Waals surface area contributed by atoms with Gasteiger partial charge < -0.3 is 10.6 Å². The maximum atomic E-state index is 12.6. The molecule has 1 aromatic heterocycles. The Labute approximate surface area is 179 Å². The van der Waals surface area contributed by atoms with Gasteiger partial charge in [-0.25, -0.2) is 9.98 Å². The number of benzene rings is 1. The number of hydrogen-bond donors (Lipinski definition) is 2. The topological polar surface area (TPSA) is 49.3 Å². The van der Waals surface area contributed by atoms with Crippen molar-refractivity contribution in [1.29, 1.82) is 0 Å². The van der Waals surface area contributed by atoms with E-state index in [1.807, 2.05) is 38.1 Å².